The minimum Gasteiger partial charge on any atom is -0.379 e. The highest BCUT2D eigenvalue weighted by Crippen LogP contribution is 2.34. The summed E-state index contributed by atoms with van der Waals surface area (Å²) < 4.78 is 32.6. The van der Waals surface area contributed by atoms with Crippen LogP contribution in [-0.4, -0.2) is 51.5 Å². The zero-order valence-electron chi connectivity index (χ0n) is 14.9. The molecule has 2 aromatic rings. The molecule has 2 aromatic carbocycles. The summed E-state index contributed by atoms with van der Waals surface area (Å²) in [5, 5.41) is 0.121. The van der Waals surface area contributed by atoms with E-state index in [0.29, 0.717) is 19.8 Å². The van der Waals surface area contributed by atoms with Gasteiger partial charge < -0.3 is 9.64 Å². The van der Waals surface area contributed by atoms with Gasteiger partial charge in [0.25, 0.3) is 5.91 Å². The van der Waals surface area contributed by atoms with Gasteiger partial charge >= 0.3 is 0 Å². The third kappa shape index (κ3) is 3.42. The fourth-order valence-corrected chi connectivity index (χ4v) is 5.75. The summed E-state index contributed by atoms with van der Waals surface area (Å²) in [6.07, 6.45) is 0.742. The lowest BCUT2D eigenvalue weighted by atomic mass is 10.1. The molecule has 1 saturated heterocycles. The second-order valence-corrected chi connectivity index (χ2v) is 9.34. The molecule has 2 aliphatic rings. The van der Waals surface area contributed by atoms with Gasteiger partial charge in [0.15, 0.2) is 0 Å². The Bertz CT molecular complexity index is 1040. The Morgan fingerprint density at radius 2 is 1.71 bits per heavy atom. The minimum atomic E-state index is -3.86. The van der Waals surface area contributed by atoms with Crippen LogP contribution in [0, 0.1) is 0 Å². The van der Waals surface area contributed by atoms with Crippen molar-refractivity contribution in [3.8, 4) is 0 Å². The van der Waals surface area contributed by atoms with Gasteiger partial charge in [-0.25, -0.2) is 8.42 Å². The van der Waals surface area contributed by atoms with Crippen molar-refractivity contribution in [2.45, 2.75) is 11.3 Å². The molecule has 0 bridgehead atoms. The van der Waals surface area contributed by atoms with Crippen LogP contribution >= 0.6 is 23.2 Å². The standard InChI is InChI=1S/C19H18Cl2N2O4S/c20-15-12-16(21)18(28(25,26)22-7-9-27-10-8-22)11-14(15)19(24)23-6-5-13-3-1-2-4-17(13)23/h1-4,11-12H,5-10H2. The molecule has 1 fully saturated rings. The van der Waals surface area contributed by atoms with Crippen LogP contribution < -0.4 is 4.90 Å². The van der Waals surface area contributed by atoms with Gasteiger partial charge in [-0.2, -0.15) is 4.31 Å². The van der Waals surface area contributed by atoms with Crippen molar-refractivity contribution in [3.63, 3.8) is 0 Å². The summed E-state index contributed by atoms with van der Waals surface area (Å²) in [7, 11) is -3.86. The molecule has 0 aromatic heterocycles. The molecule has 9 heteroatoms. The number of hydrogen-bond acceptors (Lipinski definition) is 4. The number of benzene rings is 2. The first-order chi connectivity index (χ1) is 13.4. The number of carbonyl (C=O) groups excluding carboxylic acids is 1. The van der Waals surface area contributed by atoms with Crippen LogP contribution in [-0.2, 0) is 21.2 Å². The summed E-state index contributed by atoms with van der Waals surface area (Å²) in [4.78, 5) is 14.7. The van der Waals surface area contributed by atoms with E-state index in [1.165, 1.54) is 16.4 Å². The maximum atomic E-state index is 13.2. The molecule has 6 nitrogen and oxygen atoms in total. The van der Waals surface area contributed by atoms with Gasteiger partial charge in [0, 0.05) is 25.3 Å². The molecule has 0 radical (unpaired) electrons. The number of hydrogen-bond donors (Lipinski definition) is 0. The minimum absolute atomic E-state index is 0.00476. The maximum absolute atomic E-state index is 13.2. The number of anilines is 1. The van der Waals surface area contributed by atoms with E-state index in [1.54, 1.807) is 4.90 Å². The molecule has 0 atom stereocenters. The summed E-state index contributed by atoms with van der Waals surface area (Å²) in [6, 6.07) is 10.2. The smallest absolute Gasteiger partial charge is 0.259 e. The Hall–Kier alpha value is -1.64. The third-order valence-corrected chi connectivity index (χ3v) is 7.65. The van der Waals surface area contributed by atoms with Crippen molar-refractivity contribution in [3.05, 3.63) is 57.6 Å². The van der Waals surface area contributed by atoms with Crippen LogP contribution in [0.2, 0.25) is 10.0 Å². The molecule has 4 rings (SSSR count). The number of rotatable bonds is 3. The maximum Gasteiger partial charge on any atom is 0.259 e. The zero-order valence-corrected chi connectivity index (χ0v) is 17.2. The Kier molecular flexibility index (Phi) is 5.37. The van der Waals surface area contributed by atoms with Crippen LogP contribution in [0.1, 0.15) is 15.9 Å². The second-order valence-electron chi connectivity index (χ2n) is 6.61. The summed E-state index contributed by atoms with van der Waals surface area (Å²) in [6.45, 7) is 1.64. The van der Waals surface area contributed by atoms with E-state index in [-0.39, 0.29) is 39.5 Å². The number of halogens is 2. The Morgan fingerprint density at radius 3 is 2.46 bits per heavy atom. The highest BCUT2D eigenvalue weighted by molar-refractivity contribution is 7.89. The van der Waals surface area contributed by atoms with Gasteiger partial charge in [0.05, 0.1) is 28.8 Å². The van der Waals surface area contributed by atoms with Crippen LogP contribution in [0.3, 0.4) is 0 Å². The number of sulfonamides is 1. The first-order valence-corrected chi connectivity index (χ1v) is 11.1. The SMILES string of the molecule is O=C(c1cc(S(=O)(=O)N2CCOCC2)c(Cl)cc1Cl)N1CCc2ccccc21. The van der Waals surface area contributed by atoms with Gasteiger partial charge in [-0.1, -0.05) is 41.4 Å². The van der Waals surface area contributed by atoms with Crippen molar-refractivity contribution in [2.75, 3.05) is 37.7 Å². The molecule has 28 heavy (non-hydrogen) atoms. The van der Waals surface area contributed by atoms with E-state index >= 15 is 0 Å². The Labute approximate surface area is 173 Å². The predicted molar refractivity (Wildman–Crippen MR) is 108 cm³/mol. The summed E-state index contributed by atoms with van der Waals surface area (Å²) >= 11 is 12.5. The highest BCUT2D eigenvalue weighted by Gasteiger charge is 2.32. The molecule has 148 valence electrons. The second kappa shape index (κ2) is 7.65. The normalized spacial score (nSPS) is 17.6. The van der Waals surface area contributed by atoms with Crippen molar-refractivity contribution < 1.29 is 17.9 Å². The number of amides is 1. The van der Waals surface area contributed by atoms with Crippen LogP contribution in [0.4, 0.5) is 5.69 Å². The van der Waals surface area contributed by atoms with Crippen LogP contribution in [0.25, 0.3) is 0 Å². The van der Waals surface area contributed by atoms with Crippen molar-refractivity contribution in [1.82, 2.24) is 4.31 Å². The third-order valence-electron chi connectivity index (χ3n) is 4.97. The summed E-state index contributed by atoms with van der Waals surface area (Å²) in [5.74, 6) is -0.343. The lowest BCUT2D eigenvalue weighted by Gasteiger charge is -2.27. The topological polar surface area (TPSA) is 66.9 Å². The average molecular weight is 441 g/mol. The molecule has 2 heterocycles. The number of ether oxygens (including phenoxy) is 1. The molecule has 1 amide bonds. The number of carbonyl (C=O) groups is 1. The van der Waals surface area contributed by atoms with Crippen LogP contribution in [0.15, 0.2) is 41.3 Å². The fourth-order valence-electron chi connectivity index (χ4n) is 3.51. The molecule has 2 aliphatic heterocycles. The van der Waals surface area contributed by atoms with E-state index in [9.17, 15) is 13.2 Å². The quantitative estimate of drug-likeness (QED) is 0.734. The van der Waals surface area contributed by atoms with Gasteiger partial charge in [0.1, 0.15) is 4.90 Å². The zero-order chi connectivity index (χ0) is 19.9. The van der Waals surface area contributed by atoms with Crippen molar-refractivity contribution in [1.29, 1.82) is 0 Å². The first kappa shape index (κ1) is 19.7. The molecular weight excluding hydrogens is 423 g/mol. The number of morpholine rings is 1. The largest absolute Gasteiger partial charge is 0.379 e. The van der Waals surface area contributed by atoms with Gasteiger partial charge in [0.2, 0.25) is 10.0 Å². The molecule has 0 aliphatic carbocycles. The lowest BCUT2D eigenvalue weighted by Crippen LogP contribution is -2.40. The fraction of sp³-hybridized carbons (Fsp3) is 0.316. The van der Waals surface area contributed by atoms with Crippen LogP contribution in [0.5, 0.6) is 0 Å². The number of para-hydroxylation sites is 1. The Morgan fingerprint density at radius 1 is 1.00 bits per heavy atom. The van der Waals surface area contributed by atoms with E-state index in [2.05, 4.69) is 0 Å². The van der Waals surface area contributed by atoms with E-state index < -0.39 is 10.0 Å². The monoisotopic (exact) mass is 440 g/mol. The van der Waals surface area contributed by atoms with E-state index in [4.69, 9.17) is 27.9 Å². The highest BCUT2D eigenvalue weighted by atomic mass is 35.5. The Balaban J connectivity index is 1.73. The number of fused-ring (bicyclic) bond motifs is 1. The molecular formula is C19H18Cl2N2O4S. The first-order valence-electron chi connectivity index (χ1n) is 8.86. The summed E-state index contributed by atoms with van der Waals surface area (Å²) in [5.41, 5.74) is 2.01. The van der Waals surface area contributed by atoms with Gasteiger partial charge in [-0.15, -0.1) is 0 Å². The molecule has 0 spiro atoms. The average Bonchev–Trinajstić information content (AvgIpc) is 3.12. The van der Waals surface area contributed by atoms with Crippen molar-refractivity contribution >= 4 is 44.8 Å². The molecule has 0 saturated carbocycles. The van der Waals surface area contributed by atoms with Crippen molar-refractivity contribution in [2.24, 2.45) is 0 Å². The van der Waals surface area contributed by atoms with Gasteiger partial charge in [-0.3, -0.25) is 4.79 Å². The number of nitrogens with zero attached hydrogens (tertiary/aromatic N) is 2. The lowest BCUT2D eigenvalue weighted by molar-refractivity contribution is 0.0730. The molecule has 0 unspecified atom stereocenters. The predicted octanol–water partition coefficient (Wildman–Crippen LogP) is 3.22. The van der Waals surface area contributed by atoms with E-state index in [1.807, 2.05) is 24.3 Å². The van der Waals surface area contributed by atoms with E-state index in [0.717, 1.165) is 17.7 Å². The van der Waals surface area contributed by atoms with Gasteiger partial charge in [-0.05, 0) is 30.2 Å². The molecule has 0 N–H and O–H groups in total.